The van der Waals surface area contributed by atoms with Crippen LogP contribution in [0.15, 0.2) is 29.3 Å². The van der Waals surface area contributed by atoms with E-state index < -0.39 is 0 Å². The number of benzene rings is 1. The van der Waals surface area contributed by atoms with Crippen molar-refractivity contribution < 1.29 is 0 Å². The summed E-state index contributed by atoms with van der Waals surface area (Å²) in [5.74, 6) is 0.896. The summed E-state index contributed by atoms with van der Waals surface area (Å²) in [6.07, 6.45) is 6.43. The third-order valence-electron chi connectivity index (χ3n) is 6.02. The maximum Gasteiger partial charge on any atom is 0.191 e. The quantitative estimate of drug-likeness (QED) is 0.252. The van der Waals surface area contributed by atoms with Gasteiger partial charge in [0.25, 0.3) is 0 Å². The molecule has 1 unspecified atom stereocenters. The molecule has 1 saturated heterocycles. The van der Waals surface area contributed by atoms with E-state index in [-0.39, 0.29) is 24.0 Å². The number of halogens is 1. The topological polar surface area (TPSA) is 42.9 Å². The molecule has 2 rings (SSSR count). The maximum atomic E-state index is 4.44. The Balaban J connectivity index is 0.00000450. The standard InChI is InChI=1S/C24H43N5.HI/c1-5-28(6-2)18-12-13-21(3)27-24(25-4)26-19-22-14-8-9-15-23(22)20-29-16-10-7-11-17-29;/h8-9,14-15,21H,5-7,10-13,16-20H2,1-4H3,(H2,25,26,27);1H. The first-order valence-corrected chi connectivity index (χ1v) is 11.6. The fourth-order valence-electron chi connectivity index (χ4n) is 4.08. The highest BCUT2D eigenvalue weighted by molar-refractivity contribution is 14.0. The predicted octanol–water partition coefficient (Wildman–Crippen LogP) is 4.47. The Labute approximate surface area is 202 Å². The number of piperidine rings is 1. The smallest absolute Gasteiger partial charge is 0.191 e. The van der Waals surface area contributed by atoms with E-state index in [1.165, 1.54) is 56.4 Å². The van der Waals surface area contributed by atoms with Crippen molar-refractivity contribution in [3.05, 3.63) is 35.4 Å². The Hall–Kier alpha value is -0.860. The molecule has 1 fully saturated rings. The second kappa shape index (κ2) is 15.9. The largest absolute Gasteiger partial charge is 0.354 e. The predicted molar refractivity (Wildman–Crippen MR) is 141 cm³/mol. The molecule has 0 bridgehead atoms. The molecule has 0 spiro atoms. The van der Waals surface area contributed by atoms with Crippen molar-refractivity contribution in [3.8, 4) is 0 Å². The van der Waals surface area contributed by atoms with Gasteiger partial charge in [-0.2, -0.15) is 0 Å². The molecule has 30 heavy (non-hydrogen) atoms. The van der Waals surface area contributed by atoms with Crippen molar-refractivity contribution in [2.45, 2.75) is 72.0 Å². The SMILES string of the molecule is CCN(CC)CCCC(C)NC(=NC)NCc1ccccc1CN1CCCCC1.I. The summed E-state index contributed by atoms with van der Waals surface area (Å²) in [4.78, 5) is 9.51. The number of nitrogens with one attached hydrogen (secondary N) is 2. The van der Waals surface area contributed by atoms with Crippen LogP contribution in [0.4, 0.5) is 0 Å². The minimum Gasteiger partial charge on any atom is -0.354 e. The molecule has 0 radical (unpaired) electrons. The van der Waals surface area contributed by atoms with Gasteiger partial charge >= 0.3 is 0 Å². The van der Waals surface area contributed by atoms with E-state index in [0.29, 0.717) is 6.04 Å². The summed E-state index contributed by atoms with van der Waals surface area (Å²) in [5, 5.41) is 7.08. The van der Waals surface area contributed by atoms with Crippen LogP contribution in [0.2, 0.25) is 0 Å². The first kappa shape index (κ1) is 27.2. The van der Waals surface area contributed by atoms with Crippen molar-refractivity contribution in [1.29, 1.82) is 0 Å². The molecule has 0 aliphatic carbocycles. The van der Waals surface area contributed by atoms with E-state index in [0.717, 1.165) is 38.6 Å². The lowest BCUT2D eigenvalue weighted by Gasteiger charge is -2.27. The number of guanidine groups is 1. The lowest BCUT2D eigenvalue weighted by molar-refractivity contribution is 0.220. The summed E-state index contributed by atoms with van der Waals surface area (Å²) >= 11 is 0. The van der Waals surface area contributed by atoms with Crippen LogP contribution in [-0.2, 0) is 13.1 Å². The average Bonchev–Trinajstić information content (AvgIpc) is 2.76. The van der Waals surface area contributed by atoms with Crippen molar-refractivity contribution in [3.63, 3.8) is 0 Å². The van der Waals surface area contributed by atoms with Gasteiger partial charge in [0.05, 0.1) is 0 Å². The van der Waals surface area contributed by atoms with Crippen molar-refractivity contribution in [2.75, 3.05) is 39.8 Å². The zero-order chi connectivity index (χ0) is 20.9. The molecular weight excluding hydrogens is 485 g/mol. The highest BCUT2D eigenvalue weighted by Gasteiger charge is 2.13. The summed E-state index contributed by atoms with van der Waals surface area (Å²) in [6.45, 7) is 14.5. The normalized spacial score (nSPS) is 16.2. The van der Waals surface area contributed by atoms with Crippen LogP contribution < -0.4 is 10.6 Å². The summed E-state index contributed by atoms with van der Waals surface area (Å²) in [6, 6.07) is 9.24. The van der Waals surface area contributed by atoms with Crippen LogP contribution in [0.5, 0.6) is 0 Å². The van der Waals surface area contributed by atoms with Crippen LogP contribution in [0, 0.1) is 0 Å². The molecule has 6 heteroatoms. The molecule has 1 heterocycles. The van der Waals surface area contributed by atoms with Crippen LogP contribution >= 0.6 is 24.0 Å². The van der Waals surface area contributed by atoms with Gasteiger partial charge in [-0.1, -0.05) is 44.5 Å². The molecule has 1 aromatic rings. The zero-order valence-electron chi connectivity index (χ0n) is 19.6. The van der Waals surface area contributed by atoms with Gasteiger partial charge < -0.3 is 15.5 Å². The molecule has 1 aliphatic heterocycles. The fourth-order valence-corrected chi connectivity index (χ4v) is 4.08. The number of aliphatic imine (C=N–C) groups is 1. The van der Waals surface area contributed by atoms with Gasteiger partial charge in [-0.25, -0.2) is 0 Å². The average molecular weight is 530 g/mol. The molecule has 0 aromatic heterocycles. The lowest BCUT2D eigenvalue weighted by Crippen LogP contribution is -2.42. The molecule has 0 saturated carbocycles. The van der Waals surface area contributed by atoms with Crippen LogP contribution in [-0.4, -0.2) is 61.6 Å². The number of nitrogens with zero attached hydrogens (tertiary/aromatic N) is 3. The Kier molecular flexibility index (Phi) is 14.4. The molecule has 1 aliphatic rings. The Morgan fingerprint density at radius 2 is 1.77 bits per heavy atom. The van der Waals surface area contributed by atoms with Gasteiger partial charge in [0.15, 0.2) is 5.96 Å². The van der Waals surface area contributed by atoms with Crippen molar-refractivity contribution in [1.82, 2.24) is 20.4 Å². The third kappa shape index (κ3) is 9.96. The minimum atomic E-state index is 0. The van der Waals surface area contributed by atoms with E-state index in [4.69, 9.17) is 0 Å². The van der Waals surface area contributed by atoms with E-state index in [1.807, 2.05) is 7.05 Å². The van der Waals surface area contributed by atoms with E-state index >= 15 is 0 Å². The first-order chi connectivity index (χ1) is 14.2. The minimum absolute atomic E-state index is 0. The molecule has 2 N–H and O–H groups in total. The Morgan fingerprint density at radius 3 is 2.40 bits per heavy atom. The fraction of sp³-hybridized carbons (Fsp3) is 0.708. The number of rotatable bonds is 11. The molecule has 1 atom stereocenters. The number of hydrogen-bond acceptors (Lipinski definition) is 3. The second-order valence-electron chi connectivity index (χ2n) is 8.25. The van der Waals surface area contributed by atoms with E-state index in [2.05, 4.69) is 70.5 Å². The van der Waals surface area contributed by atoms with Gasteiger partial charge in [-0.3, -0.25) is 9.89 Å². The van der Waals surface area contributed by atoms with Gasteiger partial charge in [0, 0.05) is 26.2 Å². The van der Waals surface area contributed by atoms with E-state index in [1.54, 1.807) is 0 Å². The van der Waals surface area contributed by atoms with Crippen molar-refractivity contribution in [2.24, 2.45) is 4.99 Å². The molecule has 1 aromatic carbocycles. The highest BCUT2D eigenvalue weighted by atomic mass is 127. The third-order valence-corrected chi connectivity index (χ3v) is 6.02. The molecule has 0 amide bonds. The van der Waals surface area contributed by atoms with Crippen LogP contribution in [0.25, 0.3) is 0 Å². The molecule has 5 nitrogen and oxygen atoms in total. The summed E-state index contributed by atoms with van der Waals surface area (Å²) in [5.41, 5.74) is 2.81. The molecular formula is C24H44IN5. The summed E-state index contributed by atoms with van der Waals surface area (Å²) in [7, 11) is 1.86. The second-order valence-corrected chi connectivity index (χ2v) is 8.25. The van der Waals surface area contributed by atoms with Crippen LogP contribution in [0.1, 0.15) is 64.0 Å². The van der Waals surface area contributed by atoms with Crippen molar-refractivity contribution >= 4 is 29.9 Å². The first-order valence-electron chi connectivity index (χ1n) is 11.6. The Bertz CT molecular complexity index is 597. The Morgan fingerprint density at radius 1 is 1.10 bits per heavy atom. The number of likely N-dealkylation sites (tertiary alicyclic amines) is 1. The van der Waals surface area contributed by atoms with E-state index in [9.17, 15) is 0 Å². The highest BCUT2D eigenvalue weighted by Crippen LogP contribution is 2.16. The van der Waals surface area contributed by atoms with Gasteiger partial charge in [-0.15, -0.1) is 24.0 Å². The zero-order valence-corrected chi connectivity index (χ0v) is 22.0. The molecule has 172 valence electrons. The van der Waals surface area contributed by atoms with Gasteiger partial charge in [-0.05, 0) is 76.5 Å². The summed E-state index contributed by atoms with van der Waals surface area (Å²) < 4.78 is 0. The number of hydrogen-bond donors (Lipinski definition) is 2. The van der Waals surface area contributed by atoms with Gasteiger partial charge in [0.1, 0.15) is 0 Å². The van der Waals surface area contributed by atoms with Gasteiger partial charge in [0.2, 0.25) is 0 Å². The van der Waals surface area contributed by atoms with Crippen LogP contribution in [0.3, 0.4) is 0 Å². The maximum absolute atomic E-state index is 4.44. The lowest BCUT2D eigenvalue weighted by atomic mass is 10.0. The monoisotopic (exact) mass is 529 g/mol.